The number of amidine groups is 1. The van der Waals surface area contributed by atoms with Crippen LogP contribution in [0.15, 0.2) is 53.5 Å². The minimum atomic E-state index is -0.432. The van der Waals surface area contributed by atoms with Crippen molar-refractivity contribution < 1.29 is 14.3 Å². The van der Waals surface area contributed by atoms with Gasteiger partial charge in [0.2, 0.25) is 0 Å². The Morgan fingerprint density at radius 1 is 1.23 bits per heavy atom. The second-order valence-corrected chi connectivity index (χ2v) is 7.77. The number of benzene rings is 2. The van der Waals surface area contributed by atoms with Crippen molar-refractivity contribution >= 4 is 23.2 Å². The zero-order valence-electron chi connectivity index (χ0n) is 18.0. The van der Waals surface area contributed by atoms with E-state index in [0.717, 1.165) is 17.9 Å². The van der Waals surface area contributed by atoms with E-state index in [4.69, 9.17) is 14.5 Å². The summed E-state index contributed by atoms with van der Waals surface area (Å²) >= 11 is 0. The lowest BCUT2D eigenvalue weighted by atomic mass is 9.96. The van der Waals surface area contributed by atoms with Crippen molar-refractivity contribution in [3.8, 4) is 5.75 Å². The first-order chi connectivity index (χ1) is 15.1. The maximum absolute atomic E-state index is 13.0. The van der Waals surface area contributed by atoms with Crippen LogP contribution in [0.5, 0.6) is 5.75 Å². The molecular weight excluding hydrogens is 394 g/mol. The number of nitrogens with zero attached hydrogens (tertiary/aromatic N) is 2. The van der Waals surface area contributed by atoms with Gasteiger partial charge in [-0.1, -0.05) is 24.3 Å². The molecule has 164 valence electrons. The molecule has 0 aromatic heterocycles. The molecule has 1 saturated heterocycles. The fourth-order valence-electron chi connectivity index (χ4n) is 4.06. The highest BCUT2D eigenvalue weighted by molar-refractivity contribution is 6.05. The van der Waals surface area contributed by atoms with Crippen LogP contribution in [0.1, 0.15) is 12.0 Å². The number of anilines is 2. The minimum Gasteiger partial charge on any atom is -0.497 e. The van der Waals surface area contributed by atoms with Gasteiger partial charge in [0.15, 0.2) is 0 Å². The van der Waals surface area contributed by atoms with Gasteiger partial charge in [0.1, 0.15) is 11.6 Å². The Bertz CT molecular complexity index is 964. The van der Waals surface area contributed by atoms with E-state index < -0.39 is 5.54 Å². The Labute approximate surface area is 182 Å². The van der Waals surface area contributed by atoms with Gasteiger partial charge in [-0.25, -0.2) is 4.79 Å². The molecule has 1 spiro atoms. The molecule has 4 rings (SSSR count). The molecule has 2 aliphatic rings. The first kappa shape index (κ1) is 21.1. The fraction of sp³-hybridized carbons (Fsp3) is 0.391. The van der Waals surface area contributed by atoms with Crippen LogP contribution in [0.2, 0.25) is 0 Å². The van der Waals surface area contributed by atoms with E-state index in [1.165, 1.54) is 5.56 Å². The molecule has 8 nitrogen and oxygen atoms in total. The molecule has 1 atom stereocenters. The lowest BCUT2D eigenvalue weighted by molar-refractivity contribution is 0.207. The Kier molecular flexibility index (Phi) is 6.39. The van der Waals surface area contributed by atoms with Crippen LogP contribution >= 0.6 is 0 Å². The zero-order chi connectivity index (χ0) is 21.7. The van der Waals surface area contributed by atoms with E-state index in [1.807, 2.05) is 41.3 Å². The van der Waals surface area contributed by atoms with E-state index in [-0.39, 0.29) is 6.03 Å². The normalized spacial score (nSPS) is 21.5. The van der Waals surface area contributed by atoms with Crippen molar-refractivity contribution in [2.45, 2.75) is 18.5 Å². The number of ether oxygens (including phenoxy) is 2. The standard InChI is InChI=1S/C23H29N5O3/c1-30-13-11-24-21-23(25-15-17-6-3-4-9-20(17)27-21)10-12-28(16-23)22(29)26-18-7-5-8-19(14-18)31-2/h3-9,14,25H,10-13,15-16H2,1-2H3,(H,24,27)(H,26,29). The number of urea groups is 1. The second kappa shape index (κ2) is 9.36. The minimum absolute atomic E-state index is 0.134. The molecule has 0 bridgehead atoms. The predicted octanol–water partition coefficient (Wildman–Crippen LogP) is 2.93. The monoisotopic (exact) mass is 423 g/mol. The van der Waals surface area contributed by atoms with Crippen molar-refractivity contribution in [2.75, 3.05) is 51.1 Å². The molecule has 0 radical (unpaired) electrons. The Balaban J connectivity index is 1.52. The molecule has 0 aliphatic carbocycles. The van der Waals surface area contributed by atoms with Crippen LogP contribution < -0.4 is 20.7 Å². The number of likely N-dealkylation sites (tertiary alicyclic amines) is 1. The highest BCUT2D eigenvalue weighted by Crippen LogP contribution is 2.30. The SMILES string of the molecule is COCCN=C1Nc2ccccc2CNC12CCN(C(=O)Nc1cccc(OC)c1)C2. The number of aliphatic imine (C=N–C) groups is 1. The van der Waals surface area contributed by atoms with Gasteiger partial charge in [-0.15, -0.1) is 0 Å². The Hall–Kier alpha value is -3.10. The highest BCUT2D eigenvalue weighted by atomic mass is 16.5. The van der Waals surface area contributed by atoms with Crippen LogP contribution in [-0.2, 0) is 11.3 Å². The third kappa shape index (κ3) is 4.65. The largest absolute Gasteiger partial charge is 0.497 e. The molecule has 2 aliphatic heterocycles. The number of fused-ring (bicyclic) bond motifs is 1. The van der Waals surface area contributed by atoms with Gasteiger partial charge in [0.25, 0.3) is 0 Å². The summed E-state index contributed by atoms with van der Waals surface area (Å²) < 4.78 is 10.4. The van der Waals surface area contributed by atoms with Gasteiger partial charge < -0.3 is 25.0 Å². The van der Waals surface area contributed by atoms with E-state index in [1.54, 1.807) is 14.2 Å². The molecule has 31 heavy (non-hydrogen) atoms. The van der Waals surface area contributed by atoms with Crippen molar-refractivity contribution in [3.63, 3.8) is 0 Å². The van der Waals surface area contributed by atoms with Crippen LogP contribution in [-0.4, -0.2) is 62.8 Å². The number of nitrogens with one attached hydrogen (secondary N) is 3. The van der Waals surface area contributed by atoms with Gasteiger partial charge in [-0.05, 0) is 30.2 Å². The summed E-state index contributed by atoms with van der Waals surface area (Å²) in [5, 5.41) is 10.2. The molecule has 2 heterocycles. The number of carbonyl (C=O) groups is 1. The topological polar surface area (TPSA) is 87.2 Å². The number of rotatable bonds is 5. The van der Waals surface area contributed by atoms with Gasteiger partial charge >= 0.3 is 6.03 Å². The van der Waals surface area contributed by atoms with Gasteiger partial charge in [-0.3, -0.25) is 10.3 Å². The first-order valence-electron chi connectivity index (χ1n) is 10.5. The maximum atomic E-state index is 13.0. The number of carbonyl (C=O) groups excluding carboxylic acids is 1. The summed E-state index contributed by atoms with van der Waals surface area (Å²) in [5.74, 6) is 1.56. The Morgan fingerprint density at radius 3 is 2.94 bits per heavy atom. The molecule has 2 aromatic carbocycles. The summed E-state index contributed by atoms with van der Waals surface area (Å²) in [6, 6.07) is 15.4. The summed E-state index contributed by atoms with van der Waals surface area (Å²) in [7, 11) is 3.28. The lowest BCUT2D eigenvalue weighted by Crippen LogP contribution is -2.55. The van der Waals surface area contributed by atoms with E-state index in [0.29, 0.717) is 44.2 Å². The lowest BCUT2D eigenvalue weighted by Gasteiger charge is -2.30. The van der Waals surface area contributed by atoms with Crippen LogP contribution in [0.3, 0.4) is 0 Å². The highest BCUT2D eigenvalue weighted by Gasteiger charge is 2.45. The van der Waals surface area contributed by atoms with Crippen molar-refractivity contribution in [1.82, 2.24) is 10.2 Å². The van der Waals surface area contributed by atoms with Gasteiger partial charge in [0, 0.05) is 44.2 Å². The quantitative estimate of drug-likeness (QED) is 0.644. The molecule has 8 heteroatoms. The smallest absolute Gasteiger partial charge is 0.321 e. The molecule has 0 saturated carbocycles. The van der Waals surface area contributed by atoms with Crippen LogP contribution in [0.4, 0.5) is 16.2 Å². The van der Waals surface area contributed by atoms with Gasteiger partial charge in [0.05, 0.1) is 25.8 Å². The van der Waals surface area contributed by atoms with E-state index >= 15 is 0 Å². The first-order valence-corrected chi connectivity index (χ1v) is 10.5. The predicted molar refractivity (Wildman–Crippen MR) is 122 cm³/mol. The zero-order valence-corrected chi connectivity index (χ0v) is 18.0. The average molecular weight is 424 g/mol. The molecule has 1 fully saturated rings. The molecule has 3 N–H and O–H groups in total. The summed E-state index contributed by atoms with van der Waals surface area (Å²) in [4.78, 5) is 19.6. The molecule has 2 amide bonds. The summed E-state index contributed by atoms with van der Waals surface area (Å²) in [6.45, 7) is 2.96. The van der Waals surface area contributed by atoms with E-state index in [2.05, 4.69) is 28.1 Å². The fourth-order valence-corrected chi connectivity index (χ4v) is 4.06. The number of hydrogen-bond donors (Lipinski definition) is 3. The maximum Gasteiger partial charge on any atom is 0.321 e. The van der Waals surface area contributed by atoms with Crippen LogP contribution in [0.25, 0.3) is 0 Å². The Morgan fingerprint density at radius 2 is 2.10 bits per heavy atom. The second-order valence-electron chi connectivity index (χ2n) is 7.77. The third-order valence-electron chi connectivity index (χ3n) is 5.78. The third-order valence-corrected chi connectivity index (χ3v) is 5.78. The molecular formula is C23H29N5O3. The van der Waals surface area contributed by atoms with Crippen molar-refractivity contribution in [3.05, 3.63) is 54.1 Å². The number of methoxy groups -OCH3 is 2. The van der Waals surface area contributed by atoms with Crippen molar-refractivity contribution in [2.24, 2.45) is 4.99 Å². The van der Waals surface area contributed by atoms with E-state index in [9.17, 15) is 4.79 Å². The van der Waals surface area contributed by atoms with Crippen molar-refractivity contribution in [1.29, 1.82) is 0 Å². The number of amides is 2. The average Bonchev–Trinajstić information content (AvgIpc) is 3.17. The molecule has 1 unspecified atom stereocenters. The van der Waals surface area contributed by atoms with Gasteiger partial charge in [-0.2, -0.15) is 0 Å². The van der Waals surface area contributed by atoms with Crippen LogP contribution in [0, 0.1) is 0 Å². The summed E-state index contributed by atoms with van der Waals surface area (Å²) in [6.07, 6.45) is 0.769. The molecule has 2 aromatic rings. The number of hydrogen-bond acceptors (Lipinski definition) is 5. The number of para-hydroxylation sites is 1. The summed E-state index contributed by atoms with van der Waals surface area (Å²) in [5.41, 5.74) is 2.50.